The molecule has 0 spiro atoms. The summed E-state index contributed by atoms with van der Waals surface area (Å²) in [6, 6.07) is 0.497. The predicted octanol–water partition coefficient (Wildman–Crippen LogP) is 3.28. The Kier molecular flexibility index (Phi) is 3.72. The number of aliphatic carboxylic acids is 1. The standard InChI is InChI=1S/C15H27NO2/c1-4-15(13(17)18)8-5-11-16(15)12-6-9-14(2,3)10-7-12/h12H,4-11H2,1-3H3,(H,17,18). The Morgan fingerprint density at radius 1 is 1.28 bits per heavy atom. The minimum absolute atomic E-state index is 0.453. The maximum Gasteiger partial charge on any atom is 0.324 e. The topological polar surface area (TPSA) is 40.5 Å². The molecule has 0 bridgehead atoms. The Bertz CT molecular complexity index is 316. The van der Waals surface area contributed by atoms with E-state index < -0.39 is 11.5 Å². The van der Waals surface area contributed by atoms with E-state index in [0.717, 1.165) is 25.8 Å². The lowest BCUT2D eigenvalue weighted by molar-refractivity contribution is -0.152. The van der Waals surface area contributed by atoms with Crippen LogP contribution in [0.25, 0.3) is 0 Å². The Labute approximate surface area is 111 Å². The van der Waals surface area contributed by atoms with Crippen molar-refractivity contribution in [3.63, 3.8) is 0 Å². The molecule has 1 aliphatic carbocycles. The smallest absolute Gasteiger partial charge is 0.324 e. The molecular weight excluding hydrogens is 226 g/mol. The molecule has 2 aliphatic rings. The second-order valence-corrected chi connectivity index (χ2v) is 6.88. The van der Waals surface area contributed by atoms with Crippen LogP contribution in [0.15, 0.2) is 0 Å². The highest BCUT2D eigenvalue weighted by atomic mass is 16.4. The van der Waals surface area contributed by atoms with E-state index in [-0.39, 0.29) is 0 Å². The zero-order valence-electron chi connectivity index (χ0n) is 12.0. The Morgan fingerprint density at radius 3 is 2.39 bits per heavy atom. The number of nitrogens with zero attached hydrogens (tertiary/aromatic N) is 1. The third-order valence-electron chi connectivity index (χ3n) is 5.27. The number of rotatable bonds is 3. The second kappa shape index (κ2) is 4.84. The molecule has 1 aliphatic heterocycles. The number of carboxylic acids is 1. The van der Waals surface area contributed by atoms with E-state index in [0.29, 0.717) is 11.5 Å². The first-order valence-corrected chi connectivity index (χ1v) is 7.41. The predicted molar refractivity (Wildman–Crippen MR) is 72.6 cm³/mol. The summed E-state index contributed by atoms with van der Waals surface area (Å²) in [4.78, 5) is 14.0. The molecule has 0 aromatic heterocycles. The van der Waals surface area contributed by atoms with Gasteiger partial charge in [0.1, 0.15) is 5.54 Å². The summed E-state index contributed by atoms with van der Waals surface area (Å²) in [5.41, 5.74) is -0.111. The quantitative estimate of drug-likeness (QED) is 0.839. The van der Waals surface area contributed by atoms with Crippen LogP contribution in [0.3, 0.4) is 0 Å². The maximum absolute atomic E-state index is 11.7. The van der Waals surface area contributed by atoms with Crippen molar-refractivity contribution in [1.29, 1.82) is 0 Å². The molecule has 1 unspecified atom stereocenters. The van der Waals surface area contributed by atoms with E-state index in [2.05, 4.69) is 18.7 Å². The van der Waals surface area contributed by atoms with Gasteiger partial charge >= 0.3 is 5.97 Å². The largest absolute Gasteiger partial charge is 0.480 e. The van der Waals surface area contributed by atoms with Crippen LogP contribution in [0.1, 0.15) is 65.7 Å². The lowest BCUT2D eigenvalue weighted by atomic mass is 9.74. The molecular formula is C15H27NO2. The molecule has 3 heteroatoms. The molecule has 2 fully saturated rings. The fraction of sp³-hybridized carbons (Fsp3) is 0.933. The third-order valence-corrected chi connectivity index (χ3v) is 5.27. The van der Waals surface area contributed by atoms with Crippen molar-refractivity contribution >= 4 is 5.97 Å². The molecule has 18 heavy (non-hydrogen) atoms. The van der Waals surface area contributed by atoms with Gasteiger partial charge in [0.25, 0.3) is 0 Å². The Hall–Kier alpha value is -0.570. The Morgan fingerprint density at radius 2 is 1.89 bits per heavy atom. The summed E-state index contributed by atoms with van der Waals surface area (Å²) in [7, 11) is 0. The van der Waals surface area contributed by atoms with Crippen LogP contribution in [0.4, 0.5) is 0 Å². The second-order valence-electron chi connectivity index (χ2n) is 6.88. The van der Waals surface area contributed by atoms with E-state index in [4.69, 9.17) is 0 Å². The van der Waals surface area contributed by atoms with Gasteiger partial charge in [0, 0.05) is 6.04 Å². The lowest BCUT2D eigenvalue weighted by Gasteiger charge is -2.44. The van der Waals surface area contributed by atoms with Crippen molar-refractivity contribution in [2.24, 2.45) is 5.41 Å². The van der Waals surface area contributed by atoms with E-state index in [1.165, 1.54) is 25.7 Å². The van der Waals surface area contributed by atoms with Crippen LogP contribution in [-0.4, -0.2) is 34.1 Å². The normalized spacial score (nSPS) is 33.7. The zero-order valence-corrected chi connectivity index (χ0v) is 12.0. The first kappa shape index (κ1) is 13.9. The first-order valence-electron chi connectivity index (χ1n) is 7.41. The van der Waals surface area contributed by atoms with Gasteiger partial charge in [0.2, 0.25) is 0 Å². The molecule has 0 aromatic rings. The average Bonchev–Trinajstić information content (AvgIpc) is 2.74. The van der Waals surface area contributed by atoms with Crippen LogP contribution in [0.2, 0.25) is 0 Å². The summed E-state index contributed by atoms with van der Waals surface area (Å²) in [6.45, 7) is 7.67. The van der Waals surface area contributed by atoms with Gasteiger partial charge in [0.15, 0.2) is 0 Å². The number of carboxylic acid groups (broad SMARTS) is 1. The van der Waals surface area contributed by atoms with Crippen LogP contribution in [0.5, 0.6) is 0 Å². The molecule has 1 atom stereocenters. The van der Waals surface area contributed by atoms with Gasteiger partial charge in [0.05, 0.1) is 0 Å². The van der Waals surface area contributed by atoms with Crippen LogP contribution >= 0.6 is 0 Å². The van der Waals surface area contributed by atoms with Crippen LogP contribution < -0.4 is 0 Å². The maximum atomic E-state index is 11.7. The summed E-state index contributed by atoms with van der Waals surface area (Å²) in [6.07, 6.45) is 7.41. The SMILES string of the molecule is CCC1(C(=O)O)CCCN1C1CCC(C)(C)CC1. The fourth-order valence-corrected chi connectivity index (χ4v) is 3.89. The van der Waals surface area contributed by atoms with E-state index in [9.17, 15) is 9.90 Å². The highest BCUT2D eigenvalue weighted by Crippen LogP contribution is 2.42. The van der Waals surface area contributed by atoms with Gasteiger partial charge in [-0.05, 0) is 56.9 Å². The third kappa shape index (κ3) is 2.29. The number of hydrogen-bond donors (Lipinski definition) is 1. The number of likely N-dealkylation sites (tertiary alicyclic amines) is 1. The van der Waals surface area contributed by atoms with Gasteiger partial charge in [-0.2, -0.15) is 0 Å². The molecule has 1 N–H and O–H groups in total. The summed E-state index contributed by atoms with van der Waals surface area (Å²) < 4.78 is 0. The molecule has 1 saturated heterocycles. The fourth-order valence-electron chi connectivity index (χ4n) is 3.89. The zero-order chi connectivity index (χ0) is 13.4. The van der Waals surface area contributed by atoms with Crippen LogP contribution in [0, 0.1) is 5.41 Å². The average molecular weight is 253 g/mol. The van der Waals surface area contributed by atoms with Crippen molar-refractivity contribution < 1.29 is 9.90 Å². The molecule has 1 heterocycles. The van der Waals surface area contributed by atoms with Crippen molar-refractivity contribution in [1.82, 2.24) is 4.90 Å². The summed E-state index contributed by atoms with van der Waals surface area (Å²) in [5.74, 6) is -0.604. The van der Waals surface area contributed by atoms with Gasteiger partial charge in [-0.1, -0.05) is 20.8 Å². The minimum Gasteiger partial charge on any atom is -0.480 e. The van der Waals surface area contributed by atoms with Crippen molar-refractivity contribution in [3.8, 4) is 0 Å². The Balaban J connectivity index is 2.11. The van der Waals surface area contributed by atoms with Crippen molar-refractivity contribution in [2.45, 2.75) is 77.3 Å². The molecule has 2 rings (SSSR count). The molecule has 0 amide bonds. The highest BCUT2D eigenvalue weighted by molar-refractivity contribution is 5.79. The van der Waals surface area contributed by atoms with Crippen molar-refractivity contribution in [2.75, 3.05) is 6.54 Å². The summed E-state index contributed by atoms with van der Waals surface area (Å²) in [5, 5.41) is 9.63. The number of hydrogen-bond acceptors (Lipinski definition) is 2. The van der Waals surface area contributed by atoms with Gasteiger partial charge in [-0.15, -0.1) is 0 Å². The monoisotopic (exact) mass is 253 g/mol. The molecule has 3 nitrogen and oxygen atoms in total. The van der Waals surface area contributed by atoms with Gasteiger partial charge in [-0.3, -0.25) is 9.69 Å². The van der Waals surface area contributed by atoms with Crippen LogP contribution in [-0.2, 0) is 4.79 Å². The highest BCUT2D eigenvalue weighted by Gasteiger charge is 2.49. The minimum atomic E-state index is -0.604. The van der Waals surface area contributed by atoms with E-state index >= 15 is 0 Å². The van der Waals surface area contributed by atoms with Crippen molar-refractivity contribution in [3.05, 3.63) is 0 Å². The molecule has 1 saturated carbocycles. The first-order chi connectivity index (χ1) is 8.41. The number of carbonyl (C=O) groups is 1. The summed E-state index contributed by atoms with van der Waals surface area (Å²) >= 11 is 0. The molecule has 104 valence electrons. The van der Waals surface area contributed by atoms with Gasteiger partial charge in [-0.25, -0.2) is 0 Å². The van der Waals surface area contributed by atoms with E-state index in [1.807, 2.05) is 6.92 Å². The lowest BCUT2D eigenvalue weighted by Crippen LogP contribution is -2.55. The van der Waals surface area contributed by atoms with Gasteiger partial charge < -0.3 is 5.11 Å². The van der Waals surface area contributed by atoms with E-state index in [1.54, 1.807) is 0 Å². The molecule has 0 aromatic carbocycles. The molecule has 0 radical (unpaired) electrons.